The van der Waals surface area contributed by atoms with Crippen LogP contribution in [0.25, 0.3) is 11.4 Å². The highest BCUT2D eigenvalue weighted by molar-refractivity contribution is 9.10. The maximum atomic E-state index is 13.1. The molecule has 6 nitrogen and oxygen atoms in total. The zero-order chi connectivity index (χ0) is 16.8. The van der Waals surface area contributed by atoms with Crippen molar-refractivity contribution in [3.05, 3.63) is 28.9 Å². The third-order valence-corrected chi connectivity index (χ3v) is 4.47. The number of ether oxygens (including phenoxy) is 2. The molecule has 1 aromatic heterocycles. The Kier molecular flexibility index (Phi) is 3.67. The van der Waals surface area contributed by atoms with Crippen molar-refractivity contribution >= 4 is 27.8 Å². The van der Waals surface area contributed by atoms with E-state index in [-0.39, 0.29) is 12.4 Å². The Labute approximate surface area is 144 Å². The third kappa shape index (κ3) is 2.43. The van der Waals surface area contributed by atoms with Crippen LogP contribution in [-0.2, 0) is 11.3 Å². The number of cyclic esters (lactones) is 1. The number of hydrogen-bond donors (Lipinski definition) is 0. The molecule has 2 aliphatic heterocycles. The van der Waals surface area contributed by atoms with Crippen molar-refractivity contribution in [2.75, 3.05) is 18.1 Å². The van der Waals surface area contributed by atoms with Gasteiger partial charge in [-0.3, -0.25) is 0 Å². The highest BCUT2D eigenvalue weighted by atomic mass is 79.9. The summed E-state index contributed by atoms with van der Waals surface area (Å²) >= 11 is 3.39. The minimum Gasteiger partial charge on any atom is -0.491 e. The second-order valence-electron chi connectivity index (χ2n) is 5.45. The van der Waals surface area contributed by atoms with Gasteiger partial charge in [0.1, 0.15) is 30.8 Å². The minimum absolute atomic E-state index is 0.161. The van der Waals surface area contributed by atoms with Gasteiger partial charge >= 0.3 is 6.09 Å². The Balaban J connectivity index is 1.79. The molecule has 2 aromatic rings. The lowest BCUT2D eigenvalue weighted by molar-refractivity contribution is 0.104. The van der Waals surface area contributed by atoms with E-state index in [1.54, 1.807) is 10.8 Å². The fourth-order valence-electron chi connectivity index (χ4n) is 2.84. The monoisotopic (exact) mass is 399 g/mol. The first-order valence-electron chi connectivity index (χ1n) is 7.28. The first kappa shape index (κ1) is 15.4. The van der Waals surface area contributed by atoms with E-state index in [9.17, 15) is 13.6 Å². The maximum absolute atomic E-state index is 13.1. The van der Waals surface area contributed by atoms with E-state index in [4.69, 9.17) is 9.47 Å². The van der Waals surface area contributed by atoms with E-state index in [0.717, 1.165) is 14.9 Å². The molecule has 1 fully saturated rings. The summed E-state index contributed by atoms with van der Waals surface area (Å²) in [7, 11) is 0. The van der Waals surface area contributed by atoms with Crippen molar-refractivity contribution in [3.8, 4) is 17.1 Å². The average Bonchev–Trinajstić information content (AvgIpc) is 3.07. The Bertz CT molecular complexity index is 811. The van der Waals surface area contributed by atoms with Crippen LogP contribution in [0.2, 0.25) is 0 Å². The van der Waals surface area contributed by atoms with Crippen LogP contribution in [0.15, 0.2) is 28.9 Å². The molecule has 0 spiro atoms. The summed E-state index contributed by atoms with van der Waals surface area (Å²) in [5.74, 6) is 1.38. The van der Waals surface area contributed by atoms with Crippen LogP contribution < -0.4 is 9.64 Å². The van der Waals surface area contributed by atoms with E-state index >= 15 is 0 Å². The molecular formula is C15H12BrF2N3O3. The summed E-state index contributed by atoms with van der Waals surface area (Å²) in [4.78, 5) is 17.2. The minimum atomic E-state index is -2.70. The molecule has 0 unspecified atom stereocenters. The fraction of sp³-hybridized carbons (Fsp3) is 0.333. The van der Waals surface area contributed by atoms with Crippen LogP contribution in [0.4, 0.5) is 19.4 Å². The number of rotatable bonds is 2. The molecule has 0 N–H and O–H groups in total. The number of halogens is 3. The summed E-state index contributed by atoms with van der Waals surface area (Å²) in [6.07, 6.45) is -1.93. The first-order chi connectivity index (χ1) is 11.5. The molecule has 1 atom stereocenters. The second kappa shape index (κ2) is 5.73. The molecule has 4 rings (SSSR count). The standard InChI is InChI=1S/C15H12BrF2N3O3/c16-8-1-2-9-11(5-8)23-4-3-20-6-12(19-14(9)20)21-10(13(17)18)7-24-15(21)22/h1-2,5-6,10,13H,3-4,7H2/t10-/m0/s1. The van der Waals surface area contributed by atoms with Gasteiger partial charge in [0.25, 0.3) is 6.43 Å². The fourth-order valence-corrected chi connectivity index (χ4v) is 3.18. The van der Waals surface area contributed by atoms with Gasteiger partial charge in [-0.2, -0.15) is 0 Å². The number of aromatic nitrogens is 2. The number of imidazole rings is 1. The topological polar surface area (TPSA) is 56.6 Å². The quantitative estimate of drug-likeness (QED) is 0.777. The number of anilines is 1. The van der Waals surface area contributed by atoms with Crippen LogP contribution in [0.1, 0.15) is 0 Å². The smallest absolute Gasteiger partial charge is 0.416 e. The predicted molar refractivity (Wildman–Crippen MR) is 84.5 cm³/mol. The first-order valence-corrected chi connectivity index (χ1v) is 8.08. The van der Waals surface area contributed by atoms with E-state index in [0.29, 0.717) is 24.7 Å². The van der Waals surface area contributed by atoms with Crippen molar-refractivity contribution in [3.63, 3.8) is 0 Å². The van der Waals surface area contributed by atoms with Crippen LogP contribution in [-0.4, -0.2) is 41.3 Å². The predicted octanol–water partition coefficient (Wildman–Crippen LogP) is 3.30. The molecule has 0 radical (unpaired) electrons. The molecule has 3 heterocycles. The largest absolute Gasteiger partial charge is 0.491 e. The Morgan fingerprint density at radius 3 is 2.96 bits per heavy atom. The van der Waals surface area contributed by atoms with Crippen molar-refractivity contribution < 1.29 is 23.0 Å². The number of fused-ring (bicyclic) bond motifs is 3. The van der Waals surface area contributed by atoms with Crippen LogP contribution in [0.5, 0.6) is 5.75 Å². The van der Waals surface area contributed by atoms with Gasteiger partial charge in [0.2, 0.25) is 0 Å². The number of hydrogen-bond acceptors (Lipinski definition) is 4. The van der Waals surface area contributed by atoms with Crippen molar-refractivity contribution in [2.45, 2.75) is 19.0 Å². The van der Waals surface area contributed by atoms with Gasteiger partial charge in [0, 0.05) is 10.7 Å². The highest BCUT2D eigenvalue weighted by Crippen LogP contribution is 2.36. The second-order valence-corrected chi connectivity index (χ2v) is 6.37. The number of amides is 1. The third-order valence-electron chi connectivity index (χ3n) is 3.98. The van der Waals surface area contributed by atoms with Crippen molar-refractivity contribution in [1.29, 1.82) is 0 Å². The van der Waals surface area contributed by atoms with E-state index in [2.05, 4.69) is 20.9 Å². The lowest BCUT2D eigenvalue weighted by Gasteiger charge is -2.17. The number of alkyl halides is 2. The van der Waals surface area contributed by atoms with Gasteiger partial charge in [-0.25, -0.2) is 23.5 Å². The number of carbonyl (C=O) groups excluding carboxylic acids is 1. The summed E-state index contributed by atoms with van der Waals surface area (Å²) in [6.45, 7) is 0.567. The van der Waals surface area contributed by atoms with E-state index < -0.39 is 18.6 Å². The lowest BCUT2D eigenvalue weighted by atomic mass is 10.2. The van der Waals surface area contributed by atoms with Crippen LogP contribution in [0.3, 0.4) is 0 Å². The lowest BCUT2D eigenvalue weighted by Crippen LogP contribution is -2.38. The molecule has 0 aliphatic carbocycles. The van der Waals surface area contributed by atoms with Crippen molar-refractivity contribution in [2.24, 2.45) is 0 Å². The summed E-state index contributed by atoms with van der Waals surface area (Å²) in [5, 5.41) is 0. The molecule has 0 bridgehead atoms. The van der Waals surface area contributed by atoms with Gasteiger partial charge in [-0.05, 0) is 18.2 Å². The zero-order valence-corrected chi connectivity index (χ0v) is 13.9. The summed E-state index contributed by atoms with van der Waals surface area (Å²) in [5.41, 5.74) is 0.739. The van der Waals surface area contributed by atoms with Crippen LogP contribution in [0, 0.1) is 0 Å². The average molecular weight is 400 g/mol. The Morgan fingerprint density at radius 2 is 2.17 bits per heavy atom. The van der Waals surface area contributed by atoms with Gasteiger partial charge < -0.3 is 14.0 Å². The number of benzene rings is 1. The SMILES string of the molecule is O=C1OC[C@@H](C(F)F)N1c1cn2c(n1)-c1ccc(Br)cc1OCC2. The van der Waals surface area contributed by atoms with E-state index in [1.807, 2.05) is 18.2 Å². The molecule has 0 saturated carbocycles. The Hall–Kier alpha value is -2.16. The molecule has 2 aliphatic rings. The normalized spacial score (nSPS) is 19.6. The molecule has 126 valence electrons. The zero-order valence-electron chi connectivity index (χ0n) is 12.3. The van der Waals surface area contributed by atoms with Gasteiger partial charge in [-0.1, -0.05) is 15.9 Å². The summed E-state index contributed by atoms with van der Waals surface area (Å²) in [6, 6.07) is 4.18. The number of nitrogens with zero attached hydrogens (tertiary/aromatic N) is 3. The molecular weight excluding hydrogens is 388 g/mol. The van der Waals surface area contributed by atoms with Gasteiger partial charge in [0.05, 0.1) is 12.1 Å². The van der Waals surface area contributed by atoms with Crippen molar-refractivity contribution in [1.82, 2.24) is 9.55 Å². The van der Waals surface area contributed by atoms with E-state index in [1.165, 1.54) is 0 Å². The number of carbonyl (C=O) groups is 1. The molecule has 1 amide bonds. The van der Waals surface area contributed by atoms with Gasteiger partial charge in [0.15, 0.2) is 5.82 Å². The maximum Gasteiger partial charge on any atom is 0.416 e. The molecule has 24 heavy (non-hydrogen) atoms. The van der Waals surface area contributed by atoms with Crippen LogP contribution >= 0.6 is 15.9 Å². The molecule has 1 aromatic carbocycles. The Morgan fingerprint density at radius 1 is 1.33 bits per heavy atom. The molecule has 1 saturated heterocycles. The highest BCUT2D eigenvalue weighted by Gasteiger charge is 2.42. The molecule has 9 heteroatoms. The summed E-state index contributed by atoms with van der Waals surface area (Å²) < 4.78 is 39.4. The van der Waals surface area contributed by atoms with Gasteiger partial charge in [-0.15, -0.1) is 0 Å².